The third-order valence-electron chi connectivity index (χ3n) is 4.82. The van der Waals surface area contributed by atoms with Gasteiger partial charge < -0.3 is 14.9 Å². The Morgan fingerprint density at radius 2 is 2.16 bits per heavy atom. The monoisotopic (exact) mass is 381 g/mol. The van der Waals surface area contributed by atoms with Crippen LogP contribution >= 0.6 is 22.7 Å². The Balaban J connectivity index is 1.80. The van der Waals surface area contributed by atoms with Gasteiger partial charge in [-0.1, -0.05) is 11.3 Å². The molecule has 0 unspecified atom stereocenters. The molecule has 1 aliphatic rings. The molecule has 1 aliphatic heterocycles. The fraction of sp³-hybridized carbons (Fsp3) is 0.667. The van der Waals surface area contributed by atoms with Crippen LogP contribution in [0.25, 0.3) is 9.53 Å². The number of likely N-dealkylation sites (tertiary alicyclic amines) is 1. The van der Waals surface area contributed by atoms with E-state index in [0.29, 0.717) is 6.42 Å². The SMILES string of the molecule is CCN(CC)c1nc2sc(C(=O)N3CCCC[C@H]3C[C@H](C)O)cc2s1. The smallest absolute Gasteiger partial charge is 0.264 e. The van der Waals surface area contributed by atoms with Crippen LogP contribution in [0.4, 0.5) is 5.13 Å². The number of piperidine rings is 1. The lowest BCUT2D eigenvalue weighted by molar-refractivity contribution is 0.0519. The number of hydrogen-bond donors (Lipinski definition) is 1. The van der Waals surface area contributed by atoms with Crippen molar-refractivity contribution in [3.05, 3.63) is 10.9 Å². The first kappa shape index (κ1) is 18.6. The maximum Gasteiger partial charge on any atom is 0.264 e. The average molecular weight is 382 g/mol. The number of thiazole rings is 1. The number of rotatable bonds is 6. The van der Waals surface area contributed by atoms with E-state index >= 15 is 0 Å². The Morgan fingerprint density at radius 1 is 1.40 bits per heavy atom. The Kier molecular flexibility index (Phi) is 5.96. The predicted octanol–water partition coefficient (Wildman–Crippen LogP) is 3.97. The molecule has 5 nitrogen and oxygen atoms in total. The van der Waals surface area contributed by atoms with E-state index in [1.54, 1.807) is 18.3 Å². The van der Waals surface area contributed by atoms with Crippen molar-refractivity contribution in [3.8, 4) is 0 Å². The second kappa shape index (κ2) is 8.01. The van der Waals surface area contributed by atoms with Crippen LogP contribution in [0.1, 0.15) is 56.1 Å². The number of aromatic nitrogens is 1. The first-order chi connectivity index (χ1) is 12.0. The van der Waals surface area contributed by atoms with Crippen LogP contribution in [-0.4, -0.2) is 52.7 Å². The van der Waals surface area contributed by atoms with Gasteiger partial charge in [-0.3, -0.25) is 4.79 Å². The first-order valence-electron chi connectivity index (χ1n) is 9.17. The molecular formula is C18H27N3O2S2. The summed E-state index contributed by atoms with van der Waals surface area (Å²) in [7, 11) is 0. The van der Waals surface area contributed by atoms with E-state index in [0.717, 1.165) is 58.4 Å². The van der Waals surface area contributed by atoms with E-state index in [9.17, 15) is 9.90 Å². The molecule has 2 aromatic heterocycles. The molecule has 1 N–H and O–H groups in total. The highest BCUT2D eigenvalue weighted by molar-refractivity contribution is 7.29. The van der Waals surface area contributed by atoms with Crippen molar-refractivity contribution in [2.24, 2.45) is 0 Å². The second-order valence-corrected chi connectivity index (χ2v) is 8.72. The third-order valence-corrected chi connectivity index (χ3v) is 7.03. The van der Waals surface area contributed by atoms with Crippen molar-refractivity contribution in [1.82, 2.24) is 9.88 Å². The topological polar surface area (TPSA) is 56.7 Å². The molecule has 138 valence electrons. The molecule has 25 heavy (non-hydrogen) atoms. The van der Waals surface area contributed by atoms with Gasteiger partial charge in [0.1, 0.15) is 4.83 Å². The minimum atomic E-state index is -0.372. The molecule has 0 radical (unpaired) electrons. The van der Waals surface area contributed by atoms with Crippen LogP contribution in [0.3, 0.4) is 0 Å². The summed E-state index contributed by atoms with van der Waals surface area (Å²) in [4.78, 5) is 23.7. The average Bonchev–Trinajstić information content (AvgIpc) is 3.14. The molecule has 0 aromatic carbocycles. The number of hydrogen-bond acceptors (Lipinski definition) is 6. The number of aliphatic hydroxyl groups excluding tert-OH is 1. The largest absolute Gasteiger partial charge is 0.393 e. The van der Waals surface area contributed by atoms with Crippen LogP contribution < -0.4 is 4.90 Å². The molecule has 0 spiro atoms. The van der Waals surface area contributed by atoms with Crippen molar-refractivity contribution < 1.29 is 9.90 Å². The van der Waals surface area contributed by atoms with Crippen molar-refractivity contribution in [1.29, 1.82) is 0 Å². The normalized spacial score (nSPS) is 19.4. The molecule has 7 heteroatoms. The molecule has 3 heterocycles. The van der Waals surface area contributed by atoms with Gasteiger partial charge >= 0.3 is 0 Å². The first-order valence-corrected chi connectivity index (χ1v) is 10.8. The standard InChI is InChI=1S/C18H27N3O2S2/c1-4-20(5-2)18-19-16-14(25-18)11-15(24-16)17(23)21-9-7-6-8-13(21)10-12(3)22/h11-13,22H,4-10H2,1-3H3/t12-,13-/m0/s1. The summed E-state index contributed by atoms with van der Waals surface area (Å²) in [6, 6.07) is 2.15. The van der Waals surface area contributed by atoms with Crippen LogP contribution in [-0.2, 0) is 0 Å². The van der Waals surface area contributed by atoms with Gasteiger partial charge in [-0.05, 0) is 52.5 Å². The maximum absolute atomic E-state index is 13.0. The maximum atomic E-state index is 13.0. The summed E-state index contributed by atoms with van der Waals surface area (Å²) in [6.45, 7) is 8.74. The van der Waals surface area contributed by atoms with Crippen molar-refractivity contribution in [2.45, 2.75) is 58.6 Å². The van der Waals surface area contributed by atoms with Gasteiger partial charge in [0.25, 0.3) is 5.91 Å². The molecule has 2 aromatic rings. The number of carbonyl (C=O) groups excluding carboxylic acids is 1. The van der Waals surface area contributed by atoms with Crippen molar-refractivity contribution in [2.75, 3.05) is 24.5 Å². The quantitative estimate of drug-likeness (QED) is 0.823. The van der Waals surface area contributed by atoms with Gasteiger partial charge in [-0.15, -0.1) is 11.3 Å². The number of amides is 1. The summed E-state index contributed by atoms with van der Waals surface area (Å²) < 4.78 is 1.10. The van der Waals surface area contributed by atoms with Gasteiger partial charge in [0, 0.05) is 25.7 Å². The number of carbonyl (C=O) groups is 1. The van der Waals surface area contributed by atoms with Gasteiger partial charge in [0.2, 0.25) is 0 Å². The minimum Gasteiger partial charge on any atom is -0.393 e. The Hall–Kier alpha value is -1.18. The lowest BCUT2D eigenvalue weighted by atomic mass is 9.97. The zero-order valence-electron chi connectivity index (χ0n) is 15.2. The molecule has 3 rings (SSSR count). The lowest BCUT2D eigenvalue weighted by Gasteiger charge is -2.36. The number of thiophene rings is 1. The van der Waals surface area contributed by atoms with E-state index in [1.165, 1.54) is 11.3 Å². The predicted molar refractivity (Wildman–Crippen MR) is 106 cm³/mol. The van der Waals surface area contributed by atoms with Crippen molar-refractivity contribution in [3.63, 3.8) is 0 Å². The van der Waals surface area contributed by atoms with Crippen LogP contribution in [0.2, 0.25) is 0 Å². The van der Waals surface area contributed by atoms with E-state index < -0.39 is 0 Å². The van der Waals surface area contributed by atoms with E-state index in [4.69, 9.17) is 4.98 Å². The summed E-state index contributed by atoms with van der Waals surface area (Å²) in [5, 5.41) is 10.8. The zero-order valence-corrected chi connectivity index (χ0v) is 16.8. The van der Waals surface area contributed by atoms with Gasteiger partial charge in [0.15, 0.2) is 5.13 Å². The summed E-state index contributed by atoms with van der Waals surface area (Å²) in [5.41, 5.74) is 0. The minimum absolute atomic E-state index is 0.102. The molecule has 2 atom stereocenters. The Morgan fingerprint density at radius 3 is 2.80 bits per heavy atom. The third kappa shape index (κ3) is 3.99. The van der Waals surface area contributed by atoms with Crippen LogP contribution in [0, 0.1) is 0 Å². The highest BCUT2D eigenvalue weighted by Crippen LogP contribution is 2.36. The summed E-state index contributed by atoms with van der Waals surface area (Å²) in [6.07, 6.45) is 3.46. The highest BCUT2D eigenvalue weighted by Gasteiger charge is 2.29. The van der Waals surface area contributed by atoms with Gasteiger partial charge in [-0.25, -0.2) is 4.98 Å². The van der Waals surface area contributed by atoms with E-state index in [2.05, 4.69) is 18.7 Å². The number of nitrogens with zero attached hydrogens (tertiary/aromatic N) is 3. The van der Waals surface area contributed by atoms with Gasteiger partial charge in [-0.2, -0.15) is 0 Å². The molecule has 0 bridgehead atoms. The number of aliphatic hydroxyl groups is 1. The molecule has 1 fully saturated rings. The lowest BCUT2D eigenvalue weighted by Crippen LogP contribution is -2.44. The molecule has 0 aliphatic carbocycles. The number of anilines is 1. The Labute approximate surface area is 157 Å². The number of fused-ring (bicyclic) bond motifs is 1. The summed E-state index contributed by atoms with van der Waals surface area (Å²) in [5.74, 6) is 0.102. The Bertz CT molecular complexity index is 690. The highest BCUT2D eigenvalue weighted by atomic mass is 32.1. The molecule has 1 amide bonds. The van der Waals surface area contributed by atoms with Crippen LogP contribution in [0.5, 0.6) is 0 Å². The molecular weight excluding hydrogens is 354 g/mol. The fourth-order valence-electron chi connectivity index (χ4n) is 3.51. The summed E-state index contributed by atoms with van der Waals surface area (Å²) >= 11 is 3.16. The molecule has 1 saturated heterocycles. The van der Waals surface area contributed by atoms with E-state index in [-0.39, 0.29) is 18.1 Å². The fourth-order valence-corrected chi connectivity index (χ4v) is 5.80. The van der Waals surface area contributed by atoms with Crippen molar-refractivity contribution >= 4 is 43.2 Å². The van der Waals surface area contributed by atoms with E-state index in [1.807, 2.05) is 11.0 Å². The molecule has 0 saturated carbocycles. The van der Waals surface area contributed by atoms with Gasteiger partial charge in [0.05, 0.1) is 15.7 Å². The second-order valence-electron chi connectivity index (χ2n) is 6.68. The van der Waals surface area contributed by atoms with Crippen LogP contribution in [0.15, 0.2) is 6.07 Å². The zero-order chi connectivity index (χ0) is 18.0.